The lowest BCUT2D eigenvalue weighted by atomic mass is 10.2. The average Bonchev–Trinajstić information content (AvgIpc) is 2.87. The van der Waals surface area contributed by atoms with Crippen LogP contribution >= 0.6 is 0 Å². The van der Waals surface area contributed by atoms with Gasteiger partial charge in [0, 0.05) is 12.4 Å². The topological polar surface area (TPSA) is 65.7 Å². The van der Waals surface area contributed by atoms with Crippen molar-refractivity contribution in [2.45, 2.75) is 13.8 Å². The molecule has 0 bridgehead atoms. The first-order chi connectivity index (χ1) is 11.1. The van der Waals surface area contributed by atoms with E-state index < -0.39 is 5.97 Å². The Balaban J connectivity index is 1.60. The van der Waals surface area contributed by atoms with Gasteiger partial charge in [-0.1, -0.05) is 12.1 Å². The summed E-state index contributed by atoms with van der Waals surface area (Å²) in [4.78, 5) is 16.4. The number of carbonyl (C=O) groups excluding carboxylic acids is 1. The number of rotatable bonds is 5. The van der Waals surface area contributed by atoms with Crippen LogP contribution in [0.3, 0.4) is 0 Å². The van der Waals surface area contributed by atoms with Gasteiger partial charge in [0.15, 0.2) is 5.65 Å². The maximum atomic E-state index is 12.2. The van der Waals surface area contributed by atoms with Crippen molar-refractivity contribution in [3.63, 3.8) is 0 Å². The summed E-state index contributed by atoms with van der Waals surface area (Å²) in [6.07, 6.45) is 3.36. The van der Waals surface area contributed by atoms with Crippen molar-refractivity contribution >= 4 is 11.6 Å². The van der Waals surface area contributed by atoms with Gasteiger partial charge in [0.2, 0.25) is 0 Å². The van der Waals surface area contributed by atoms with Gasteiger partial charge in [-0.15, -0.1) is 0 Å². The minimum absolute atomic E-state index is 0.163. The highest BCUT2D eigenvalue weighted by molar-refractivity contribution is 5.97. The summed E-state index contributed by atoms with van der Waals surface area (Å²) in [5.74, 6) is 0.318. The van der Waals surface area contributed by atoms with Crippen molar-refractivity contribution in [3.05, 3.63) is 59.5 Å². The number of aromatic nitrogens is 3. The van der Waals surface area contributed by atoms with Crippen molar-refractivity contribution < 1.29 is 14.3 Å². The molecule has 118 valence electrons. The van der Waals surface area contributed by atoms with Gasteiger partial charge in [0.1, 0.15) is 24.5 Å². The van der Waals surface area contributed by atoms with E-state index in [0.29, 0.717) is 23.5 Å². The molecule has 0 spiro atoms. The number of fused-ring (bicyclic) bond motifs is 1. The standard InChI is InChI=1S/C17H17N3O3/c1-12-5-3-6-14(11-12)22-9-10-23-17(21)15-13(2)19-20-8-4-7-18-16(15)20/h3-8,11H,9-10H2,1-2H3. The molecule has 0 unspecified atom stereocenters. The summed E-state index contributed by atoms with van der Waals surface area (Å²) in [6.45, 7) is 4.21. The van der Waals surface area contributed by atoms with Gasteiger partial charge in [-0.05, 0) is 37.6 Å². The zero-order valence-electron chi connectivity index (χ0n) is 13.0. The molecule has 0 radical (unpaired) electrons. The molecule has 0 atom stereocenters. The van der Waals surface area contributed by atoms with E-state index >= 15 is 0 Å². The Morgan fingerprint density at radius 2 is 2.09 bits per heavy atom. The fourth-order valence-electron chi connectivity index (χ4n) is 2.31. The van der Waals surface area contributed by atoms with E-state index in [1.165, 1.54) is 0 Å². The number of ether oxygens (including phenoxy) is 2. The smallest absolute Gasteiger partial charge is 0.344 e. The van der Waals surface area contributed by atoms with Crippen LogP contribution in [0.2, 0.25) is 0 Å². The minimum atomic E-state index is -0.441. The summed E-state index contributed by atoms with van der Waals surface area (Å²) >= 11 is 0. The summed E-state index contributed by atoms with van der Waals surface area (Å²) in [5, 5.41) is 4.24. The van der Waals surface area contributed by atoms with Gasteiger partial charge in [0.05, 0.1) is 5.69 Å². The van der Waals surface area contributed by atoms with E-state index in [2.05, 4.69) is 10.1 Å². The van der Waals surface area contributed by atoms with E-state index in [1.54, 1.807) is 29.9 Å². The molecule has 3 rings (SSSR count). The van der Waals surface area contributed by atoms with Gasteiger partial charge in [0.25, 0.3) is 0 Å². The number of esters is 1. The highest BCUT2D eigenvalue weighted by Crippen LogP contribution is 2.15. The van der Waals surface area contributed by atoms with Crippen LogP contribution in [0.4, 0.5) is 0 Å². The molecule has 0 aliphatic rings. The largest absolute Gasteiger partial charge is 0.490 e. The number of nitrogens with zero attached hydrogens (tertiary/aromatic N) is 3. The Labute approximate surface area is 133 Å². The third-order valence-corrected chi connectivity index (χ3v) is 3.35. The highest BCUT2D eigenvalue weighted by atomic mass is 16.6. The molecule has 6 heteroatoms. The zero-order valence-corrected chi connectivity index (χ0v) is 13.0. The SMILES string of the molecule is Cc1cccc(OCCOC(=O)c2c(C)nn3cccnc23)c1. The quantitative estimate of drug-likeness (QED) is 0.535. The fourth-order valence-corrected chi connectivity index (χ4v) is 2.31. The number of carbonyl (C=O) groups is 1. The van der Waals surface area contributed by atoms with Crippen molar-refractivity contribution in [1.82, 2.24) is 14.6 Å². The first-order valence-corrected chi connectivity index (χ1v) is 7.31. The Morgan fingerprint density at radius 1 is 1.22 bits per heavy atom. The van der Waals surface area contributed by atoms with Crippen LogP contribution in [-0.2, 0) is 4.74 Å². The van der Waals surface area contributed by atoms with Gasteiger partial charge in [-0.2, -0.15) is 5.10 Å². The lowest BCUT2D eigenvalue weighted by Gasteiger charge is -2.07. The third-order valence-electron chi connectivity index (χ3n) is 3.35. The molecule has 2 aromatic heterocycles. The predicted molar refractivity (Wildman–Crippen MR) is 84.7 cm³/mol. The van der Waals surface area contributed by atoms with Gasteiger partial charge in [-0.3, -0.25) is 0 Å². The maximum absolute atomic E-state index is 12.2. The molecule has 0 fully saturated rings. The van der Waals surface area contributed by atoms with Crippen LogP contribution in [0.25, 0.3) is 5.65 Å². The summed E-state index contributed by atoms with van der Waals surface area (Å²) < 4.78 is 12.4. The molecule has 0 amide bonds. The summed E-state index contributed by atoms with van der Waals surface area (Å²) in [6, 6.07) is 9.47. The average molecular weight is 311 g/mol. The normalized spacial score (nSPS) is 10.7. The zero-order chi connectivity index (χ0) is 16.2. The van der Waals surface area contributed by atoms with E-state index in [-0.39, 0.29) is 6.61 Å². The number of hydrogen-bond donors (Lipinski definition) is 0. The molecule has 6 nitrogen and oxygen atoms in total. The third kappa shape index (κ3) is 3.31. The van der Waals surface area contributed by atoms with E-state index in [1.807, 2.05) is 31.2 Å². The Hall–Kier alpha value is -2.89. The fraction of sp³-hybridized carbons (Fsp3) is 0.235. The molecule has 0 saturated heterocycles. The molecule has 0 aliphatic carbocycles. The molecule has 0 N–H and O–H groups in total. The molecule has 0 aliphatic heterocycles. The van der Waals surface area contributed by atoms with Gasteiger partial charge < -0.3 is 9.47 Å². The maximum Gasteiger partial charge on any atom is 0.344 e. The predicted octanol–water partition coefficient (Wildman–Crippen LogP) is 2.58. The number of aryl methyl sites for hydroxylation is 2. The van der Waals surface area contributed by atoms with E-state index in [0.717, 1.165) is 11.3 Å². The number of hydrogen-bond acceptors (Lipinski definition) is 5. The van der Waals surface area contributed by atoms with Crippen LogP contribution in [0.5, 0.6) is 5.75 Å². The van der Waals surface area contributed by atoms with Crippen molar-refractivity contribution in [2.24, 2.45) is 0 Å². The molecule has 3 aromatic rings. The van der Waals surface area contributed by atoms with Crippen molar-refractivity contribution in [2.75, 3.05) is 13.2 Å². The second kappa shape index (κ2) is 6.48. The van der Waals surface area contributed by atoms with Crippen LogP contribution < -0.4 is 4.74 Å². The Morgan fingerprint density at radius 3 is 2.91 bits per heavy atom. The molecular weight excluding hydrogens is 294 g/mol. The first-order valence-electron chi connectivity index (χ1n) is 7.31. The second-order valence-electron chi connectivity index (χ2n) is 5.15. The van der Waals surface area contributed by atoms with E-state index in [9.17, 15) is 4.79 Å². The molecular formula is C17H17N3O3. The van der Waals surface area contributed by atoms with E-state index in [4.69, 9.17) is 9.47 Å². The molecule has 23 heavy (non-hydrogen) atoms. The van der Waals surface area contributed by atoms with Crippen molar-refractivity contribution in [3.8, 4) is 5.75 Å². The Kier molecular flexibility index (Phi) is 4.23. The lowest BCUT2D eigenvalue weighted by molar-refractivity contribution is 0.0451. The van der Waals surface area contributed by atoms with Crippen LogP contribution in [0, 0.1) is 13.8 Å². The van der Waals surface area contributed by atoms with Crippen LogP contribution in [0.15, 0.2) is 42.7 Å². The lowest BCUT2D eigenvalue weighted by Crippen LogP contribution is -2.13. The van der Waals surface area contributed by atoms with Gasteiger partial charge >= 0.3 is 5.97 Å². The number of benzene rings is 1. The Bertz CT molecular complexity index is 842. The monoisotopic (exact) mass is 311 g/mol. The van der Waals surface area contributed by atoms with Crippen LogP contribution in [0.1, 0.15) is 21.6 Å². The summed E-state index contributed by atoms with van der Waals surface area (Å²) in [7, 11) is 0. The van der Waals surface area contributed by atoms with Crippen LogP contribution in [-0.4, -0.2) is 33.8 Å². The minimum Gasteiger partial charge on any atom is -0.490 e. The summed E-state index contributed by atoms with van der Waals surface area (Å²) in [5.41, 5.74) is 2.59. The highest BCUT2D eigenvalue weighted by Gasteiger charge is 2.19. The molecule has 0 saturated carbocycles. The van der Waals surface area contributed by atoms with Gasteiger partial charge in [-0.25, -0.2) is 14.3 Å². The second-order valence-corrected chi connectivity index (χ2v) is 5.15. The van der Waals surface area contributed by atoms with Crippen molar-refractivity contribution in [1.29, 1.82) is 0 Å². The molecule has 2 heterocycles. The first kappa shape index (κ1) is 15.0. The molecule has 1 aromatic carbocycles.